The molecule has 2 heterocycles. The van der Waals surface area contributed by atoms with Crippen molar-refractivity contribution in [3.05, 3.63) is 11.9 Å². The third kappa shape index (κ3) is 0.235. The lowest BCUT2D eigenvalue weighted by molar-refractivity contribution is 1.53. The van der Waals surface area contributed by atoms with E-state index in [1.807, 2.05) is 0 Å². The molecule has 0 bridgehead atoms. The molecule has 2 atom stereocenters. The minimum Gasteiger partial charge on any atom is -0.0741 e. The molecule has 0 N–H and O–H groups in total. The quantitative estimate of drug-likeness (QED) is 0.422. The van der Waals surface area contributed by atoms with Crippen LogP contribution < -0.4 is 0 Å². The summed E-state index contributed by atoms with van der Waals surface area (Å²) < 4.78 is 0. The maximum absolute atomic E-state index is 2.37. The van der Waals surface area contributed by atoms with Gasteiger partial charge in [0.15, 0.2) is 0 Å². The Morgan fingerprint density at radius 2 is 2.50 bits per heavy atom. The van der Waals surface area contributed by atoms with Gasteiger partial charge in [0.1, 0.15) is 0 Å². The van der Waals surface area contributed by atoms with Crippen molar-refractivity contribution in [1.82, 2.24) is 0 Å². The summed E-state index contributed by atoms with van der Waals surface area (Å²) in [6.45, 7) is 0. The lowest BCUT2D eigenvalue weighted by atomic mass is 10.5. The van der Waals surface area contributed by atoms with Gasteiger partial charge in [-0.3, -0.25) is 0 Å². The van der Waals surface area contributed by atoms with Crippen molar-refractivity contribution in [2.75, 3.05) is 0 Å². The van der Waals surface area contributed by atoms with Gasteiger partial charge in [0.25, 0.3) is 0 Å². The Morgan fingerprint density at radius 3 is 2.50 bits per heavy atom. The minimum absolute atomic E-state index is 0.438. The zero-order valence-corrected chi connectivity index (χ0v) is 4.99. The summed E-state index contributed by atoms with van der Waals surface area (Å²) in [5.41, 5.74) is 0.960. The molecular weight excluding hydrogens is 110 g/mol. The summed E-state index contributed by atoms with van der Waals surface area (Å²) in [6.07, 6.45) is 2.29. The van der Waals surface area contributed by atoms with Gasteiger partial charge in [-0.05, 0) is 13.4 Å². The first-order chi connectivity index (χ1) is 2.97. The molecule has 0 aromatic heterocycles. The van der Waals surface area contributed by atoms with Gasteiger partial charge < -0.3 is 0 Å². The van der Waals surface area contributed by atoms with Crippen molar-refractivity contribution >= 4 is 21.3 Å². The van der Waals surface area contributed by atoms with Crippen LogP contribution in [0.25, 0.3) is 0 Å². The predicted molar refractivity (Wildman–Crippen MR) is 32.8 cm³/mol. The molecule has 2 aliphatic rings. The van der Waals surface area contributed by atoms with E-state index >= 15 is 0 Å². The van der Waals surface area contributed by atoms with E-state index in [2.05, 4.69) is 17.7 Å². The van der Waals surface area contributed by atoms with E-state index in [1.54, 1.807) is 7.89 Å². The molecule has 0 saturated heterocycles. The number of hydrogen-bond donors (Lipinski definition) is 0. The standard InChI is InChI=1S/C4H4P2/c1-2-6-4(1)3-5-6/h1-4H. The Balaban J connectivity index is 2.40. The fourth-order valence-corrected chi connectivity index (χ4v) is 3.73. The van der Waals surface area contributed by atoms with Crippen molar-refractivity contribution < 1.29 is 0 Å². The van der Waals surface area contributed by atoms with Gasteiger partial charge in [0.05, 0.1) is 0 Å². The number of rotatable bonds is 0. The van der Waals surface area contributed by atoms with Gasteiger partial charge >= 0.3 is 0 Å². The molecule has 0 nitrogen and oxygen atoms in total. The van der Waals surface area contributed by atoms with Crippen LogP contribution in [-0.4, -0.2) is 11.5 Å². The number of fused-ring (bicyclic) bond motifs is 1. The first kappa shape index (κ1) is 3.36. The monoisotopic (exact) mass is 114 g/mol. The predicted octanol–water partition coefficient (Wildman–Crippen LogP) is 2.04. The molecule has 0 aromatic rings. The smallest absolute Gasteiger partial charge is 0.0311 e. The van der Waals surface area contributed by atoms with Gasteiger partial charge in [0.2, 0.25) is 0 Å². The van der Waals surface area contributed by atoms with Gasteiger partial charge in [0, 0.05) is 5.66 Å². The summed E-state index contributed by atoms with van der Waals surface area (Å²) in [7, 11) is 2.05. The zero-order chi connectivity index (χ0) is 3.98. The number of hydrogen-bond acceptors (Lipinski definition) is 0. The van der Waals surface area contributed by atoms with Crippen LogP contribution in [0.5, 0.6) is 0 Å². The summed E-state index contributed by atoms with van der Waals surface area (Å²) in [4.78, 5) is 0. The molecule has 6 heavy (non-hydrogen) atoms. The summed E-state index contributed by atoms with van der Waals surface area (Å²) in [5, 5.41) is 0. The van der Waals surface area contributed by atoms with Crippen LogP contribution in [0.4, 0.5) is 0 Å². The van der Waals surface area contributed by atoms with E-state index < -0.39 is 0 Å². The molecule has 0 fully saturated rings. The molecule has 2 heteroatoms. The highest BCUT2D eigenvalue weighted by Gasteiger charge is 2.25. The normalized spacial score (nSPS) is 49.3. The van der Waals surface area contributed by atoms with Gasteiger partial charge in [-0.1, -0.05) is 19.8 Å². The largest absolute Gasteiger partial charge is 0.0741 e. The average Bonchev–Trinajstić information content (AvgIpc) is 1.54. The molecule has 0 radical (unpaired) electrons. The zero-order valence-electron chi connectivity index (χ0n) is 3.20. The van der Waals surface area contributed by atoms with Gasteiger partial charge in [-0.2, -0.15) is 0 Å². The first-order valence-corrected chi connectivity index (χ1v) is 5.12. The maximum atomic E-state index is 2.37. The van der Waals surface area contributed by atoms with Crippen LogP contribution in [0.1, 0.15) is 0 Å². The van der Waals surface area contributed by atoms with E-state index in [0.29, 0.717) is 7.61 Å². The first-order valence-electron chi connectivity index (χ1n) is 1.97. The Bertz CT molecular complexity index is 97.5. The third-order valence-electron chi connectivity index (χ3n) is 1.09. The molecule has 0 amide bonds. The molecular formula is C4H4P2. The topological polar surface area (TPSA) is 0 Å². The summed E-state index contributed by atoms with van der Waals surface area (Å²) >= 11 is 0. The molecule has 0 aliphatic carbocycles. The van der Waals surface area contributed by atoms with Gasteiger partial charge in [-0.25, -0.2) is 0 Å². The molecule has 2 aliphatic heterocycles. The Morgan fingerprint density at radius 1 is 1.67 bits per heavy atom. The molecule has 2 rings (SSSR count). The van der Waals surface area contributed by atoms with Crippen LogP contribution in [0.2, 0.25) is 0 Å². The van der Waals surface area contributed by atoms with E-state index in [1.165, 1.54) is 0 Å². The van der Waals surface area contributed by atoms with Crippen molar-refractivity contribution in [3.63, 3.8) is 0 Å². The molecule has 2 unspecified atom stereocenters. The van der Waals surface area contributed by atoms with Crippen LogP contribution in [-0.2, 0) is 0 Å². The average molecular weight is 114 g/mol. The fraction of sp³-hybridized carbons (Fsp3) is 0.250. The van der Waals surface area contributed by atoms with Crippen LogP contribution in [0, 0.1) is 0 Å². The molecule has 30 valence electrons. The van der Waals surface area contributed by atoms with Crippen LogP contribution in [0.15, 0.2) is 11.9 Å². The molecule has 0 aromatic carbocycles. The second-order valence-electron chi connectivity index (χ2n) is 1.48. The van der Waals surface area contributed by atoms with Crippen molar-refractivity contribution in [2.45, 2.75) is 5.66 Å². The van der Waals surface area contributed by atoms with E-state index in [0.717, 1.165) is 5.66 Å². The molecule has 0 spiro atoms. The maximum Gasteiger partial charge on any atom is 0.0311 e. The van der Waals surface area contributed by atoms with E-state index in [4.69, 9.17) is 0 Å². The van der Waals surface area contributed by atoms with Crippen molar-refractivity contribution in [3.8, 4) is 0 Å². The summed E-state index contributed by atoms with van der Waals surface area (Å²) in [5.74, 6) is 4.72. The third-order valence-corrected chi connectivity index (χ3v) is 5.86. The van der Waals surface area contributed by atoms with Gasteiger partial charge in [-0.15, -0.1) is 0 Å². The van der Waals surface area contributed by atoms with Crippen molar-refractivity contribution in [2.24, 2.45) is 0 Å². The highest BCUT2D eigenvalue weighted by Crippen LogP contribution is 2.68. The van der Waals surface area contributed by atoms with Crippen LogP contribution in [0.3, 0.4) is 0 Å². The Hall–Kier alpha value is 0.340. The van der Waals surface area contributed by atoms with E-state index in [-0.39, 0.29) is 0 Å². The number of allylic oxidation sites excluding steroid dienone is 1. The lowest BCUT2D eigenvalue weighted by Gasteiger charge is -2.30. The highest BCUT2D eigenvalue weighted by atomic mass is 32.0. The second kappa shape index (κ2) is 0.941. The fourth-order valence-electron chi connectivity index (χ4n) is 0.571. The summed E-state index contributed by atoms with van der Waals surface area (Å²) in [6, 6.07) is 0. The minimum atomic E-state index is 0.438. The SMILES string of the molecule is C1=CP2P=CC12. The lowest BCUT2D eigenvalue weighted by Crippen LogP contribution is -2.10. The van der Waals surface area contributed by atoms with Crippen LogP contribution >= 0.6 is 15.5 Å². The Kier molecular flexibility index (Phi) is 0.526. The molecule has 0 saturated carbocycles. The van der Waals surface area contributed by atoms with E-state index in [9.17, 15) is 0 Å². The Labute approximate surface area is 39.7 Å². The highest BCUT2D eigenvalue weighted by molar-refractivity contribution is 8.27. The second-order valence-corrected chi connectivity index (χ2v) is 5.74. The van der Waals surface area contributed by atoms with Crippen molar-refractivity contribution in [1.29, 1.82) is 0 Å².